The molecule has 1 aliphatic rings. The van der Waals surface area contributed by atoms with Crippen LogP contribution < -0.4 is 5.32 Å². The lowest BCUT2D eigenvalue weighted by Crippen LogP contribution is -2.31. The van der Waals surface area contributed by atoms with E-state index >= 15 is 0 Å². The summed E-state index contributed by atoms with van der Waals surface area (Å²) in [6.07, 6.45) is 5.06. The fourth-order valence-corrected chi connectivity index (χ4v) is 2.89. The summed E-state index contributed by atoms with van der Waals surface area (Å²) in [5.74, 6) is 0.559. The number of piperidine rings is 1. The van der Waals surface area contributed by atoms with Crippen LogP contribution in [0.25, 0.3) is 0 Å². The van der Waals surface area contributed by atoms with Gasteiger partial charge in [0.1, 0.15) is 0 Å². The standard InChI is InChI=1S/C16H23NO2/c1-3-4-12-9-10-17-15(11-12)13-5-7-14(8-6-13)16(18)19-2/h5-8,12,15,17H,3-4,9-11H2,1-2H3/t12?,15-/m0/s1. The summed E-state index contributed by atoms with van der Waals surface area (Å²) in [7, 11) is 1.41. The third-order valence-electron chi connectivity index (χ3n) is 3.94. The van der Waals surface area contributed by atoms with Crippen molar-refractivity contribution in [2.24, 2.45) is 5.92 Å². The lowest BCUT2D eigenvalue weighted by atomic mass is 9.86. The van der Waals surface area contributed by atoms with Crippen molar-refractivity contribution < 1.29 is 9.53 Å². The van der Waals surface area contributed by atoms with Crippen LogP contribution in [0, 0.1) is 5.92 Å². The van der Waals surface area contributed by atoms with Crippen LogP contribution in [0.1, 0.15) is 54.6 Å². The van der Waals surface area contributed by atoms with Crippen LogP contribution in [0.15, 0.2) is 24.3 Å². The smallest absolute Gasteiger partial charge is 0.337 e. The lowest BCUT2D eigenvalue weighted by molar-refractivity contribution is 0.0600. The molecule has 1 heterocycles. The number of carbonyl (C=O) groups excluding carboxylic acids is 1. The van der Waals surface area contributed by atoms with Gasteiger partial charge in [0.05, 0.1) is 12.7 Å². The first-order valence-electron chi connectivity index (χ1n) is 7.16. The highest BCUT2D eigenvalue weighted by Gasteiger charge is 2.22. The molecule has 3 nitrogen and oxygen atoms in total. The topological polar surface area (TPSA) is 38.3 Å². The maximum absolute atomic E-state index is 11.4. The summed E-state index contributed by atoms with van der Waals surface area (Å²) in [6.45, 7) is 3.34. The number of benzene rings is 1. The van der Waals surface area contributed by atoms with Gasteiger partial charge in [-0.1, -0.05) is 31.9 Å². The average Bonchev–Trinajstić information content (AvgIpc) is 2.47. The minimum atomic E-state index is -0.271. The van der Waals surface area contributed by atoms with Crippen LogP contribution in [0.2, 0.25) is 0 Å². The van der Waals surface area contributed by atoms with E-state index in [4.69, 9.17) is 4.74 Å². The Balaban J connectivity index is 2.03. The summed E-state index contributed by atoms with van der Waals surface area (Å²) in [5, 5.41) is 3.57. The molecule has 1 fully saturated rings. The summed E-state index contributed by atoms with van der Waals surface area (Å²) < 4.78 is 4.72. The van der Waals surface area contributed by atoms with E-state index in [1.54, 1.807) is 0 Å². The third kappa shape index (κ3) is 3.57. The molecule has 19 heavy (non-hydrogen) atoms. The summed E-state index contributed by atoms with van der Waals surface area (Å²) in [4.78, 5) is 11.4. The minimum absolute atomic E-state index is 0.271. The van der Waals surface area contributed by atoms with Crippen LogP contribution in [-0.4, -0.2) is 19.6 Å². The van der Waals surface area contributed by atoms with Gasteiger partial charge in [-0.3, -0.25) is 0 Å². The monoisotopic (exact) mass is 261 g/mol. The second kappa shape index (κ2) is 6.71. The first-order chi connectivity index (χ1) is 9.24. The van der Waals surface area contributed by atoms with Gasteiger partial charge < -0.3 is 10.1 Å². The average molecular weight is 261 g/mol. The van der Waals surface area contributed by atoms with E-state index in [1.165, 1.54) is 38.4 Å². The van der Waals surface area contributed by atoms with Gasteiger partial charge in [-0.25, -0.2) is 4.79 Å². The Kier molecular flexibility index (Phi) is 4.97. The van der Waals surface area contributed by atoms with Crippen LogP contribution in [0.4, 0.5) is 0 Å². The molecule has 0 spiro atoms. The molecule has 0 bridgehead atoms. The molecule has 3 heteroatoms. The van der Waals surface area contributed by atoms with Gasteiger partial charge in [-0.2, -0.15) is 0 Å². The van der Waals surface area contributed by atoms with E-state index < -0.39 is 0 Å². The molecule has 0 aromatic heterocycles. The number of ether oxygens (including phenoxy) is 1. The zero-order chi connectivity index (χ0) is 13.7. The molecule has 2 rings (SSSR count). The number of esters is 1. The second-order valence-corrected chi connectivity index (χ2v) is 5.30. The van der Waals surface area contributed by atoms with E-state index in [0.29, 0.717) is 11.6 Å². The van der Waals surface area contributed by atoms with E-state index in [9.17, 15) is 4.79 Å². The van der Waals surface area contributed by atoms with Crippen molar-refractivity contribution >= 4 is 5.97 Å². The molecule has 0 radical (unpaired) electrons. The first kappa shape index (κ1) is 14.1. The minimum Gasteiger partial charge on any atom is -0.465 e. The molecule has 104 valence electrons. The molecule has 1 aromatic rings. The van der Waals surface area contributed by atoms with Crippen molar-refractivity contribution in [2.75, 3.05) is 13.7 Å². The van der Waals surface area contributed by atoms with Gasteiger partial charge in [0.15, 0.2) is 0 Å². The highest BCUT2D eigenvalue weighted by atomic mass is 16.5. The van der Waals surface area contributed by atoms with Gasteiger partial charge in [-0.15, -0.1) is 0 Å². The zero-order valence-electron chi connectivity index (χ0n) is 11.8. The molecule has 1 N–H and O–H groups in total. The predicted octanol–water partition coefficient (Wildman–Crippen LogP) is 3.31. The van der Waals surface area contributed by atoms with Gasteiger partial charge in [0.2, 0.25) is 0 Å². The number of carbonyl (C=O) groups is 1. The van der Waals surface area contributed by atoms with Crippen LogP contribution in [-0.2, 0) is 4.74 Å². The van der Waals surface area contributed by atoms with Crippen molar-refractivity contribution in [1.29, 1.82) is 0 Å². The fourth-order valence-electron chi connectivity index (χ4n) is 2.89. The Morgan fingerprint density at radius 3 is 2.74 bits per heavy atom. The number of hydrogen-bond donors (Lipinski definition) is 1. The van der Waals surface area contributed by atoms with Gasteiger partial charge in [0.25, 0.3) is 0 Å². The summed E-state index contributed by atoms with van der Waals surface area (Å²) >= 11 is 0. The Bertz CT molecular complexity index is 411. The van der Waals surface area contributed by atoms with Gasteiger partial charge >= 0.3 is 5.97 Å². The van der Waals surface area contributed by atoms with Gasteiger partial charge in [-0.05, 0) is 43.0 Å². The van der Waals surface area contributed by atoms with E-state index in [-0.39, 0.29) is 5.97 Å². The summed E-state index contributed by atoms with van der Waals surface area (Å²) in [5.41, 5.74) is 1.89. The Morgan fingerprint density at radius 2 is 2.11 bits per heavy atom. The molecular weight excluding hydrogens is 238 g/mol. The molecule has 2 atom stereocenters. The molecule has 1 aliphatic heterocycles. The highest BCUT2D eigenvalue weighted by Crippen LogP contribution is 2.30. The Labute approximate surface area is 115 Å². The van der Waals surface area contributed by atoms with Gasteiger partial charge in [0, 0.05) is 6.04 Å². The van der Waals surface area contributed by atoms with E-state index in [0.717, 1.165) is 12.5 Å². The number of methoxy groups -OCH3 is 1. The molecule has 0 aliphatic carbocycles. The molecule has 1 aromatic carbocycles. The predicted molar refractivity (Wildman–Crippen MR) is 76.2 cm³/mol. The largest absolute Gasteiger partial charge is 0.465 e. The van der Waals surface area contributed by atoms with Crippen LogP contribution in [0.5, 0.6) is 0 Å². The number of nitrogens with one attached hydrogen (secondary N) is 1. The SMILES string of the molecule is CCCC1CCN[C@H](c2ccc(C(=O)OC)cc2)C1. The second-order valence-electron chi connectivity index (χ2n) is 5.30. The van der Waals surface area contributed by atoms with Crippen LogP contribution in [0.3, 0.4) is 0 Å². The van der Waals surface area contributed by atoms with Crippen molar-refractivity contribution in [3.63, 3.8) is 0 Å². The van der Waals surface area contributed by atoms with E-state index in [2.05, 4.69) is 12.2 Å². The fraction of sp³-hybridized carbons (Fsp3) is 0.562. The summed E-state index contributed by atoms with van der Waals surface area (Å²) in [6, 6.07) is 8.21. The Hall–Kier alpha value is -1.35. The molecule has 1 unspecified atom stereocenters. The van der Waals surface area contributed by atoms with E-state index in [1.807, 2.05) is 24.3 Å². The molecule has 0 saturated carbocycles. The molecular formula is C16H23NO2. The van der Waals surface area contributed by atoms with Crippen molar-refractivity contribution in [3.05, 3.63) is 35.4 Å². The third-order valence-corrected chi connectivity index (χ3v) is 3.94. The lowest BCUT2D eigenvalue weighted by Gasteiger charge is -2.30. The maximum atomic E-state index is 11.4. The number of hydrogen-bond acceptors (Lipinski definition) is 3. The van der Waals surface area contributed by atoms with Crippen LogP contribution >= 0.6 is 0 Å². The van der Waals surface area contributed by atoms with Crippen molar-refractivity contribution in [1.82, 2.24) is 5.32 Å². The van der Waals surface area contributed by atoms with Crippen molar-refractivity contribution in [3.8, 4) is 0 Å². The molecule has 0 amide bonds. The number of rotatable bonds is 4. The maximum Gasteiger partial charge on any atom is 0.337 e. The highest BCUT2D eigenvalue weighted by molar-refractivity contribution is 5.89. The van der Waals surface area contributed by atoms with Crippen molar-refractivity contribution in [2.45, 2.75) is 38.6 Å². The Morgan fingerprint density at radius 1 is 1.37 bits per heavy atom. The normalized spacial score (nSPS) is 23.1. The zero-order valence-corrected chi connectivity index (χ0v) is 11.8. The quantitative estimate of drug-likeness (QED) is 0.845. The molecule has 1 saturated heterocycles. The first-order valence-corrected chi connectivity index (χ1v) is 7.16.